The van der Waals surface area contributed by atoms with Crippen LogP contribution in [0, 0.1) is 16.7 Å². The number of hydrogen-bond donors (Lipinski definition) is 0. The van der Waals surface area contributed by atoms with Gasteiger partial charge in [0.05, 0.1) is 0 Å². The maximum Gasteiger partial charge on any atom is 0.329 e. The predicted octanol–water partition coefficient (Wildman–Crippen LogP) is 4.37. The molecule has 1 aromatic carbocycles. The van der Waals surface area contributed by atoms with E-state index in [0.717, 1.165) is 31.2 Å². The number of aryl methyl sites for hydroxylation is 1. The fourth-order valence-electron chi connectivity index (χ4n) is 5.88. The van der Waals surface area contributed by atoms with Crippen LogP contribution < -0.4 is 0 Å². The van der Waals surface area contributed by atoms with Crippen molar-refractivity contribution in [3.63, 3.8) is 0 Å². The topological polar surface area (TPSA) is 46.6 Å². The first-order chi connectivity index (χ1) is 13.3. The second-order valence-corrected chi connectivity index (χ2v) is 9.77. The largest absolute Gasteiger partial charge is 0.460 e. The summed E-state index contributed by atoms with van der Waals surface area (Å²) < 4.78 is 6.08. The van der Waals surface area contributed by atoms with Crippen molar-refractivity contribution in [2.45, 2.75) is 77.9 Å². The van der Waals surface area contributed by atoms with Crippen molar-refractivity contribution in [3.05, 3.63) is 35.9 Å². The molecule has 2 saturated carbocycles. The highest BCUT2D eigenvalue weighted by atomic mass is 16.5. The molecule has 3 unspecified atom stereocenters. The van der Waals surface area contributed by atoms with Crippen LogP contribution in [-0.2, 0) is 20.7 Å². The molecule has 4 rings (SSSR count). The lowest BCUT2D eigenvalue weighted by molar-refractivity contribution is -0.164. The molecule has 3 fully saturated rings. The summed E-state index contributed by atoms with van der Waals surface area (Å²) in [5.41, 5.74) is 1.44. The van der Waals surface area contributed by atoms with Crippen molar-refractivity contribution < 1.29 is 14.3 Å². The first-order valence-electron chi connectivity index (χ1n) is 10.9. The summed E-state index contributed by atoms with van der Waals surface area (Å²) in [7, 11) is 0. The molecule has 1 aromatic rings. The Balaban J connectivity index is 1.37. The number of amides is 1. The number of rotatable bonds is 5. The third-order valence-electron chi connectivity index (χ3n) is 8.29. The fraction of sp³-hybridized carbons (Fsp3) is 0.667. The predicted molar refractivity (Wildman–Crippen MR) is 109 cm³/mol. The second kappa shape index (κ2) is 7.20. The zero-order valence-electron chi connectivity index (χ0n) is 17.4. The van der Waals surface area contributed by atoms with Gasteiger partial charge in [-0.3, -0.25) is 4.79 Å². The summed E-state index contributed by atoms with van der Waals surface area (Å²) in [6, 6.07) is 9.66. The van der Waals surface area contributed by atoms with Gasteiger partial charge < -0.3 is 9.64 Å². The summed E-state index contributed by atoms with van der Waals surface area (Å²) in [6.45, 7) is 7.61. The Morgan fingerprint density at radius 1 is 1.14 bits per heavy atom. The SMILES string of the molecule is CC1(C)C2CCC1(C)C(OC(=O)[C@@H]1CCCN1C(=O)CCc1ccccc1)C2. The van der Waals surface area contributed by atoms with Crippen LogP contribution in [0.5, 0.6) is 0 Å². The molecule has 3 aliphatic rings. The monoisotopic (exact) mass is 383 g/mol. The number of fused-ring (bicyclic) bond motifs is 2. The highest BCUT2D eigenvalue weighted by Crippen LogP contribution is 2.66. The summed E-state index contributed by atoms with van der Waals surface area (Å²) in [5, 5.41) is 0. The minimum atomic E-state index is -0.394. The van der Waals surface area contributed by atoms with Crippen molar-refractivity contribution in [1.82, 2.24) is 4.90 Å². The summed E-state index contributed by atoms with van der Waals surface area (Å²) in [5.74, 6) is 0.533. The summed E-state index contributed by atoms with van der Waals surface area (Å²) >= 11 is 0. The number of carbonyl (C=O) groups is 2. The van der Waals surface area contributed by atoms with E-state index in [1.54, 1.807) is 4.90 Å². The number of hydrogen-bond acceptors (Lipinski definition) is 3. The van der Waals surface area contributed by atoms with E-state index in [1.807, 2.05) is 30.3 Å². The maximum atomic E-state index is 13.0. The van der Waals surface area contributed by atoms with Crippen LogP contribution in [0.25, 0.3) is 0 Å². The van der Waals surface area contributed by atoms with Crippen molar-refractivity contribution in [3.8, 4) is 0 Å². The fourth-order valence-corrected chi connectivity index (χ4v) is 5.88. The summed E-state index contributed by atoms with van der Waals surface area (Å²) in [4.78, 5) is 27.6. The number of likely N-dealkylation sites (tertiary alicyclic amines) is 1. The van der Waals surface area contributed by atoms with Gasteiger partial charge in [-0.1, -0.05) is 51.1 Å². The van der Waals surface area contributed by atoms with Gasteiger partial charge in [-0.2, -0.15) is 0 Å². The average molecular weight is 384 g/mol. The van der Waals surface area contributed by atoms with Crippen LogP contribution >= 0.6 is 0 Å². The number of ether oxygens (including phenoxy) is 1. The minimum Gasteiger partial charge on any atom is -0.460 e. The van der Waals surface area contributed by atoms with E-state index in [-0.39, 0.29) is 28.8 Å². The van der Waals surface area contributed by atoms with E-state index < -0.39 is 6.04 Å². The first kappa shape index (κ1) is 19.5. The van der Waals surface area contributed by atoms with Gasteiger partial charge in [0.15, 0.2) is 0 Å². The van der Waals surface area contributed by atoms with E-state index in [2.05, 4.69) is 20.8 Å². The molecular formula is C24H33NO3. The Labute approximate surface area is 168 Å². The Morgan fingerprint density at radius 3 is 2.54 bits per heavy atom. The molecule has 0 spiro atoms. The zero-order valence-corrected chi connectivity index (χ0v) is 17.4. The molecule has 2 aliphatic carbocycles. The van der Waals surface area contributed by atoms with Crippen molar-refractivity contribution >= 4 is 11.9 Å². The summed E-state index contributed by atoms with van der Waals surface area (Å²) in [6.07, 6.45) is 6.12. The lowest BCUT2D eigenvalue weighted by Crippen LogP contribution is -2.45. The molecule has 1 aliphatic heterocycles. The molecule has 4 nitrogen and oxygen atoms in total. The van der Waals surface area contributed by atoms with Gasteiger partial charge in [0.1, 0.15) is 12.1 Å². The molecule has 1 amide bonds. The van der Waals surface area contributed by atoms with E-state index in [9.17, 15) is 9.59 Å². The molecule has 1 heterocycles. The third-order valence-corrected chi connectivity index (χ3v) is 8.29. The molecule has 4 atom stereocenters. The first-order valence-corrected chi connectivity index (χ1v) is 10.9. The number of esters is 1. The number of carbonyl (C=O) groups excluding carboxylic acids is 2. The highest BCUT2D eigenvalue weighted by molar-refractivity contribution is 5.85. The van der Waals surface area contributed by atoms with E-state index in [0.29, 0.717) is 25.3 Å². The van der Waals surface area contributed by atoms with Crippen molar-refractivity contribution in [2.24, 2.45) is 16.7 Å². The number of benzene rings is 1. The van der Waals surface area contributed by atoms with Crippen molar-refractivity contribution in [2.75, 3.05) is 6.54 Å². The standard InChI is InChI=1S/C24H33NO3/c1-23(2)18-13-14-24(23,3)20(16-18)28-22(27)19-10-7-15-25(19)21(26)12-11-17-8-5-4-6-9-17/h4-6,8-9,18-20H,7,10-16H2,1-3H3/t18?,19-,20?,24?/m0/s1. The van der Waals surface area contributed by atoms with Gasteiger partial charge in [0.25, 0.3) is 0 Å². The van der Waals surface area contributed by atoms with Crippen LogP contribution in [0.4, 0.5) is 0 Å². The average Bonchev–Trinajstić information content (AvgIpc) is 3.30. The quantitative estimate of drug-likeness (QED) is 0.710. The lowest BCUT2D eigenvalue weighted by atomic mass is 9.70. The molecule has 2 bridgehead atoms. The van der Waals surface area contributed by atoms with Crippen LogP contribution in [0.1, 0.15) is 64.9 Å². The molecule has 0 N–H and O–H groups in total. The van der Waals surface area contributed by atoms with Crippen LogP contribution in [-0.4, -0.2) is 35.5 Å². The molecule has 28 heavy (non-hydrogen) atoms. The van der Waals surface area contributed by atoms with Crippen LogP contribution in [0.3, 0.4) is 0 Å². The Bertz CT molecular complexity index is 743. The van der Waals surface area contributed by atoms with Crippen LogP contribution in [0.2, 0.25) is 0 Å². The van der Waals surface area contributed by atoms with Gasteiger partial charge in [0.2, 0.25) is 5.91 Å². The van der Waals surface area contributed by atoms with E-state index in [4.69, 9.17) is 4.74 Å². The Morgan fingerprint density at radius 2 is 1.89 bits per heavy atom. The molecule has 0 radical (unpaired) electrons. The second-order valence-electron chi connectivity index (χ2n) is 9.77. The van der Waals surface area contributed by atoms with Crippen molar-refractivity contribution in [1.29, 1.82) is 0 Å². The molecule has 0 aromatic heterocycles. The molecular weight excluding hydrogens is 350 g/mol. The number of nitrogens with zero attached hydrogens (tertiary/aromatic N) is 1. The smallest absolute Gasteiger partial charge is 0.329 e. The van der Waals surface area contributed by atoms with Gasteiger partial charge in [0, 0.05) is 18.4 Å². The highest BCUT2D eigenvalue weighted by Gasteiger charge is 2.63. The molecule has 152 valence electrons. The minimum absolute atomic E-state index is 0.00405. The molecule has 4 heteroatoms. The normalized spacial score (nSPS) is 33.2. The Kier molecular flexibility index (Phi) is 5.01. The van der Waals surface area contributed by atoms with Gasteiger partial charge >= 0.3 is 5.97 Å². The van der Waals surface area contributed by atoms with Crippen LogP contribution in [0.15, 0.2) is 30.3 Å². The Hall–Kier alpha value is -1.84. The van der Waals surface area contributed by atoms with Gasteiger partial charge in [-0.15, -0.1) is 0 Å². The van der Waals surface area contributed by atoms with E-state index >= 15 is 0 Å². The third kappa shape index (κ3) is 3.15. The van der Waals surface area contributed by atoms with E-state index in [1.165, 1.54) is 6.42 Å². The van der Waals surface area contributed by atoms with Gasteiger partial charge in [-0.25, -0.2) is 4.79 Å². The van der Waals surface area contributed by atoms with Gasteiger partial charge in [-0.05, 0) is 55.4 Å². The zero-order chi connectivity index (χ0) is 19.9. The maximum absolute atomic E-state index is 13.0. The molecule has 1 saturated heterocycles. The lowest BCUT2D eigenvalue weighted by Gasteiger charge is -2.39.